The minimum Gasteiger partial charge on any atom is -0.444 e. The van der Waals surface area contributed by atoms with Crippen molar-refractivity contribution in [2.24, 2.45) is 0 Å². The number of halogens is 5. The largest absolute Gasteiger partial charge is 0.453 e. The standard InChI is InChI=1S/C12H18F5NO3/c1-9(2,3)21-8(20)18(5)10(4,7-19)6-11(13,14)12(15,16)17/h7H,6H2,1-5H3. The zero-order valence-electron chi connectivity index (χ0n) is 12.3. The second-order valence-corrected chi connectivity index (χ2v) is 5.89. The molecule has 0 aliphatic heterocycles. The monoisotopic (exact) mass is 319 g/mol. The van der Waals surface area contributed by atoms with Crippen LogP contribution in [-0.2, 0) is 9.53 Å². The van der Waals surface area contributed by atoms with Gasteiger partial charge in [0.15, 0.2) is 0 Å². The smallest absolute Gasteiger partial charge is 0.444 e. The van der Waals surface area contributed by atoms with Gasteiger partial charge in [-0.05, 0) is 27.7 Å². The molecule has 1 amide bonds. The first-order chi connectivity index (χ1) is 9.06. The first-order valence-corrected chi connectivity index (χ1v) is 5.93. The number of carbonyl (C=O) groups is 2. The highest BCUT2D eigenvalue weighted by molar-refractivity contribution is 5.76. The highest BCUT2D eigenvalue weighted by Gasteiger charge is 2.61. The fraction of sp³-hybridized carbons (Fsp3) is 0.833. The first kappa shape index (κ1) is 19.6. The maximum absolute atomic E-state index is 13.1. The third-order valence-electron chi connectivity index (χ3n) is 2.68. The van der Waals surface area contributed by atoms with Gasteiger partial charge >= 0.3 is 18.2 Å². The zero-order chi connectivity index (χ0) is 17.3. The number of ether oxygens (including phenoxy) is 1. The van der Waals surface area contributed by atoms with Crippen LogP contribution >= 0.6 is 0 Å². The number of hydrogen-bond acceptors (Lipinski definition) is 3. The van der Waals surface area contributed by atoms with E-state index in [9.17, 15) is 31.5 Å². The molecule has 0 rings (SSSR count). The highest BCUT2D eigenvalue weighted by atomic mass is 19.4. The Balaban J connectivity index is 5.29. The van der Waals surface area contributed by atoms with Gasteiger partial charge in [-0.25, -0.2) is 4.79 Å². The average molecular weight is 319 g/mol. The zero-order valence-corrected chi connectivity index (χ0v) is 12.3. The van der Waals surface area contributed by atoms with Gasteiger partial charge in [-0.15, -0.1) is 0 Å². The molecule has 0 bridgehead atoms. The molecule has 0 spiro atoms. The molecule has 0 saturated heterocycles. The second-order valence-electron chi connectivity index (χ2n) is 5.89. The summed E-state index contributed by atoms with van der Waals surface area (Å²) in [6, 6.07) is 0. The number of hydrogen-bond donors (Lipinski definition) is 0. The Morgan fingerprint density at radius 3 is 1.81 bits per heavy atom. The van der Waals surface area contributed by atoms with E-state index < -0.39 is 35.8 Å². The van der Waals surface area contributed by atoms with Crippen molar-refractivity contribution in [2.75, 3.05) is 7.05 Å². The molecule has 0 heterocycles. The van der Waals surface area contributed by atoms with Gasteiger partial charge in [-0.1, -0.05) is 0 Å². The Labute approximate surface area is 119 Å². The van der Waals surface area contributed by atoms with Gasteiger partial charge in [0, 0.05) is 7.05 Å². The van der Waals surface area contributed by atoms with Crippen LogP contribution in [0.25, 0.3) is 0 Å². The molecule has 4 nitrogen and oxygen atoms in total. The van der Waals surface area contributed by atoms with Gasteiger partial charge in [0.05, 0.1) is 6.42 Å². The second kappa shape index (κ2) is 5.76. The molecular weight excluding hydrogens is 301 g/mol. The van der Waals surface area contributed by atoms with E-state index in [1.54, 1.807) is 0 Å². The quantitative estimate of drug-likeness (QED) is 0.589. The van der Waals surface area contributed by atoms with Crippen molar-refractivity contribution in [3.05, 3.63) is 0 Å². The lowest BCUT2D eigenvalue weighted by molar-refractivity contribution is -0.290. The molecule has 9 heteroatoms. The number of rotatable bonds is 4. The van der Waals surface area contributed by atoms with Gasteiger partial charge < -0.3 is 9.53 Å². The summed E-state index contributed by atoms with van der Waals surface area (Å²) in [6.07, 6.45) is -9.00. The van der Waals surface area contributed by atoms with Crippen LogP contribution in [0.3, 0.4) is 0 Å². The Morgan fingerprint density at radius 2 is 1.52 bits per heavy atom. The number of amides is 1. The topological polar surface area (TPSA) is 46.6 Å². The first-order valence-electron chi connectivity index (χ1n) is 5.93. The molecule has 0 aromatic carbocycles. The highest BCUT2D eigenvalue weighted by Crippen LogP contribution is 2.42. The molecular formula is C12H18F5NO3. The van der Waals surface area contributed by atoms with Gasteiger partial charge in [0.1, 0.15) is 17.4 Å². The minimum absolute atomic E-state index is 0.128. The van der Waals surface area contributed by atoms with Crippen molar-refractivity contribution in [2.45, 2.75) is 57.4 Å². The normalized spacial score (nSPS) is 16.1. The van der Waals surface area contributed by atoms with E-state index in [0.717, 1.165) is 14.0 Å². The lowest BCUT2D eigenvalue weighted by atomic mass is 9.93. The molecule has 0 aromatic rings. The number of alkyl halides is 5. The summed E-state index contributed by atoms with van der Waals surface area (Å²) in [6.45, 7) is 5.27. The third-order valence-corrected chi connectivity index (χ3v) is 2.68. The number of likely N-dealkylation sites (N-methyl/N-ethyl adjacent to an activating group) is 1. The van der Waals surface area contributed by atoms with Crippen LogP contribution in [0, 0.1) is 0 Å². The molecule has 0 N–H and O–H groups in total. The summed E-state index contributed by atoms with van der Waals surface area (Å²) in [4.78, 5) is 23.1. The number of nitrogens with zero attached hydrogens (tertiary/aromatic N) is 1. The lowest BCUT2D eigenvalue weighted by Gasteiger charge is -2.37. The fourth-order valence-electron chi connectivity index (χ4n) is 1.33. The van der Waals surface area contributed by atoms with E-state index >= 15 is 0 Å². The third kappa shape index (κ3) is 5.13. The maximum Gasteiger partial charge on any atom is 0.453 e. The van der Waals surface area contributed by atoms with Crippen molar-refractivity contribution in [3.8, 4) is 0 Å². The van der Waals surface area contributed by atoms with Gasteiger partial charge in [-0.2, -0.15) is 22.0 Å². The summed E-state index contributed by atoms with van der Waals surface area (Å²) in [5, 5.41) is 0. The van der Waals surface area contributed by atoms with E-state index in [4.69, 9.17) is 4.74 Å². The summed E-state index contributed by atoms with van der Waals surface area (Å²) < 4.78 is 67.8. The van der Waals surface area contributed by atoms with Crippen molar-refractivity contribution in [3.63, 3.8) is 0 Å². The molecule has 0 fully saturated rings. The van der Waals surface area contributed by atoms with E-state index in [2.05, 4.69) is 0 Å². The maximum atomic E-state index is 13.1. The Kier molecular flexibility index (Phi) is 5.38. The van der Waals surface area contributed by atoms with E-state index in [0.29, 0.717) is 4.90 Å². The molecule has 0 aromatic heterocycles. The van der Waals surface area contributed by atoms with Crippen LogP contribution in [0.4, 0.5) is 26.7 Å². The van der Waals surface area contributed by atoms with Crippen LogP contribution < -0.4 is 0 Å². The summed E-state index contributed by atoms with van der Waals surface area (Å²) in [7, 11) is 0.926. The van der Waals surface area contributed by atoms with Crippen LogP contribution in [0.15, 0.2) is 0 Å². The predicted octanol–water partition coefficient (Wildman–Crippen LogP) is 3.40. The Morgan fingerprint density at radius 1 is 1.10 bits per heavy atom. The van der Waals surface area contributed by atoms with Gasteiger partial charge in [-0.3, -0.25) is 4.90 Å². The predicted molar refractivity (Wildman–Crippen MR) is 64.1 cm³/mol. The molecule has 1 unspecified atom stereocenters. The lowest BCUT2D eigenvalue weighted by Crippen LogP contribution is -2.55. The van der Waals surface area contributed by atoms with Gasteiger partial charge in [0.2, 0.25) is 0 Å². The van der Waals surface area contributed by atoms with Crippen LogP contribution in [-0.4, -0.2) is 47.6 Å². The summed E-state index contributed by atoms with van der Waals surface area (Å²) >= 11 is 0. The van der Waals surface area contributed by atoms with E-state index in [1.165, 1.54) is 20.8 Å². The Bertz CT molecular complexity index is 403. The van der Waals surface area contributed by atoms with Crippen molar-refractivity contribution >= 4 is 12.4 Å². The Hall–Kier alpha value is -1.41. The van der Waals surface area contributed by atoms with Crippen molar-refractivity contribution in [1.29, 1.82) is 0 Å². The molecule has 0 saturated carbocycles. The van der Waals surface area contributed by atoms with Gasteiger partial charge in [0.25, 0.3) is 0 Å². The number of aldehydes is 1. The van der Waals surface area contributed by atoms with Crippen molar-refractivity contribution in [1.82, 2.24) is 4.90 Å². The molecule has 0 radical (unpaired) electrons. The molecule has 0 aliphatic carbocycles. The average Bonchev–Trinajstić information content (AvgIpc) is 2.23. The number of carbonyl (C=O) groups excluding carboxylic acids is 2. The van der Waals surface area contributed by atoms with E-state index in [1.807, 2.05) is 0 Å². The SMILES string of the molecule is CN(C(=O)OC(C)(C)C)C(C)(C=O)CC(F)(F)C(F)(F)F. The van der Waals surface area contributed by atoms with Crippen LogP contribution in [0.2, 0.25) is 0 Å². The van der Waals surface area contributed by atoms with Crippen molar-refractivity contribution < 1.29 is 36.3 Å². The summed E-state index contributed by atoms with van der Waals surface area (Å²) in [5.41, 5.74) is -3.34. The molecule has 124 valence electrons. The van der Waals surface area contributed by atoms with E-state index in [-0.39, 0.29) is 6.29 Å². The van der Waals surface area contributed by atoms with Crippen LogP contribution in [0.5, 0.6) is 0 Å². The van der Waals surface area contributed by atoms with Crippen LogP contribution in [0.1, 0.15) is 34.1 Å². The molecule has 1 atom stereocenters. The fourth-order valence-corrected chi connectivity index (χ4v) is 1.33. The summed E-state index contributed by atoms with van der Waals surface area (Å²) in [5.74, 6) is -5.11. The molecule has 0 aliphatic rings. The minimum atomic E-state index is -5.81. The molecule has 21 heavy (non-hydrogen) atoms.